The molecule has 11 heavy (non-hydrogen) atoms. The molecule has 2 rings (SSSR count). The van der Waals surface area contributed by atoms with Gasteiger partial charge in [-0.3, -0.25) is 0 Å². The van der Waals surface area contributed by atoms with E-state index in [1.165, 1.54) is 15.5 Å². The van der Waals surface area contributed by atoms with Crippen molar-refractivity contribution < 1.29 is 4.42 Å². The van der Waals surface area contributed by atoms with Gasteiger partial charge < -0.3 is 4.42 Å². The summed E-state index contributed by atoms with van der Waals surface area (Å²) < 4.78 is 6.37. The molecular formula is C8H6INO. The summed E-state index contributed by atoms with van der Waals surface area (Å²) >= 11 is 2.29. The van der Waals surface area contributed by atoms with Crippen molar-refractivity contribution in [2.45, 2.75) is 6.92 Å². The van der Waals surface area contributed by atoms with Crippen molar-refractivity contribution in [3.8, 4) is 0 Å². The second-order valence-corrected chi connectivity index (χ2v) is 3.58. The molecule has 2 nitrogen and oxygen atoms in total. The molecule has 0 atom stereocenters. The van der Waals surface area contributed by atoms with E-state index in [1.807, 2.05) is 12.1 Å². The first-order valence-electron chi connectivity index (χ1n) is 3.27. The zero-order valence-electron chi connectivity index (χ0n) is 5.97. The monoisotopic (exact) mass is 259 g/mol. The maximum Gasteiger partial charge on any atom is 0.181 e. The van der Waals surface area contributed by atoms with E-state index in [9.17, 15) is 0 Å². The first-order valence-corrected chi connectivity index (χ1v) is 4.34. The SMILES string of the molecule is Cc1cc2ocnc2cc1I. The molecule has 56 valence electrons. The molecule has 0 fully saturated rings. The van der Waals surface area contributed by atoms with E-state index >= 15 is 0 Å². The number of oxazole rings is 1. The zero-order valence-corrected chi connectivity index (χ0v) is 8.12. The van der Waals surface area contributed by atoms with Crippen LogP contribution in [0.1, 0.15) is 5.56 Å². The highest BCUT2D eigenvalue weighted by molar-refractivity contribution is 14.1. The summed E-state index contributed by atoms with van der Waals surface area (Å²) in [7, 11) is 0. The summed E-state index contributed by atoms with van der Waals surface area (Å²) in [6.07, 6.45) is 1.47. The van der Waals surface area contributed by atoms with Crippen LogP contribution in [0.2, 0.25) is 0 Å². The molecule has 1 aromatic carbocycles. The third-order valence-corrected chi connectivity index (χ3v) is 2.77. The van der Waals surface area contributed by atoms with Crippen LogP contribution in [0, 0.1) is 10.5 Å². The number of rotatable bonds is 0. The Hall–Kier alpha value is -0.580. The maximum absolute atomic E-state index is 5.14. The second-order valence-electron chi connectivity index (χ2n) is 2.42. The normalized spacial score (nSPS) is 10.7. The molecule has 0 aliphatic rings. The Balaban J connectivity index is 2.86. The number of nitrogens with zero attached hydrogens (tertiary/aromatic N) is 1. The highest BCUT2D eigenvalue weighted by Crippen LogP contribution is 2.19. The topological polar surface area (TPSA) is 26.0 Å². The first kappa shape index (κ1) is 7.09. The molecule has 2 aromatic rings. The van der Waals surface area contributed by atoms with Gasteiger partial charge in [0, 0.05) is 3.57 Å². The quantitative estimate of drug-likeness (QED) is 0.680. The van der Waals surface area contributed by atoms with Gasteiger partial charge in [0.15, 0.2) is 12.0 Å². The molecule has 0 spiro atoms. The van der Waals surface area contributed by atoms with E-state index in [2.05, 4.69) is 34.5 Å². The molecular weight excluding hydrogens is 253 g/mol. The zero-order chi connectivity index (χ0) is 7.84. The highest BCUT2D eigenvalue weighted by atomic mass is 127. The Morgan fingerprint density at radius 3 is 3.09 bits per heavy atom. The number of hydrogen-bond acceptors (Lipinski definition) is 2. The van der Waals surface area contributed by atoms with E-state index in [1.54, 1.807) is 0 Å². The Bertz CT molecular complexity index is 358. The number of aromatic nitrogens is 1. The third kappa shape index (κ3) is 1.13. The summed E-state index contributed by atoms with van der Waals surface area (Å²) in [5.74, 6) is 0. The third-order valence-electron chi connectivity index (χ3n) is 1.61. The van der Waals surface area contributed by atoms with Crippen molar-refractivity contribution in [3.63, 3.8) is 0 Å². The average molecular weight is 259 g/mol. The largest absolute Gasteiger partial charge is 0.443 e. The van der Waals surface area contributed by atoms with E-state index in [0.717, 1.165) is 11.1 Å². The molecule has 0 amide bonds. The van der Waals surface area contributed by atoms with Gasteiger partial charge in [0.25, 0.3) is 0 Å². The summed E-state index contributed by atoms with van der Waals surface area (Å²) in [4.78, 5) is 4.05. The minimum atomic E-state index is 0.864. The van der Waals surface area contributed by atoms with Gasteiger partial charge in [-0.25, -0.2) is 4.98 Å². The minimum Gasteiger partial charge on any atom is -0.443 e. The van der Waals surface area contributed by atoms with Gasteiger partial charge >= 0.3 is 0 Å². The lowest BCUT2D eigenvalue weighted by molar-refractivity contribution is 0.602. The van der Waals surface area contributed by atoms with Crippen LogP contribution in [0.25, 0.3) is 11.1 Å². The predicted octanol–water partition coefficient (Wildman–Crippen LogP) is 2.74. The van der Waals surface area contributed by atoms with Gasteiger partial charge in [-0.2, -0.15) is 0 Å². The van der Waals surface area contributed by atoms with Gasteiger partial charge in [-0.05, 0) is 47.2 Å². The maximum atomic E-state index is 5.14. The van der Waals surface area contributed by atoms with E-state index in [0.29, 0.717) is 0 Å². The van der Waals surface area contributed by atoms with Crippen molar-refractivity contribution in [3.05, 3.63) is 27.7 Å². The molecule has 1 aromatic heterocycles. The standard InChI is InChI=1S/C8H6INO/c1-5-2-8-7(3-6(5)9)10-4-11-8/h2-4H,1H3. The van der Waals surface area contributed by atoms with Gasteiger partial charge in [0.2, 0.25) is 0 Å². The number of aryl methyl sites for hydroxylation is 1. The summed E-state index contributed by atoms with van der Waals surface area (Å²) in [6.45, 7) is 2.06. The highest BCUT2D eigenvalue weighted by Gasteiger charge is 2.00. The molecule has 0 radical (unpaired) electrons. The molecule has 0 aliphatic carbocycles. The fourth-order valence-electron chi connectivity index (χ4n) is 0.980. The van der Waals surface area contributed by atoms with Crippen LogP contribution in [0.4, 0.5) is 0 Å². The van der Waals surface area contributed by atoms with Crippen molar-refractivity contribution in [1.82, 2.24) is 4.98 Å². The fraction of sp³-hybridized carbons (Fsp3) is 0.125. The second kappa shape index (κ2) is 2.48. The van der Waals surface area contributed by atoms with Crippen LogP contribution < -0.4 is 0 Å². The Labute approximate surface area is 77.8 Å². The fourth-order valence-corrected chi connectivity index (χ4v) is 1.43. The van der Waals surface area contributed by atoms with Crippen LogP contribution in [0.3, 0.4) is 0 Å². The van der Waals surface area contributed by atoms with Crippen molar-refractivity contribution in [1.29, 1.82) is 0 Å². The number of fused-ring (bicyclic) bond motifs is 1. The van der Waals surface area contributed by atoms with Crippen LogP contribution in [0.5, 0.6) is 0 Å². The van der Waals surface area contributed by atoms with Crippen molar-refractivity contribution in [2.75, 3.05) is 0 Å². The van der Waals surface area contributed by atoms with Gasteiger partial charge in [-0.1, -0.05) is 0 Å². The number of hydrogen-bond donors (Lipinski definition) is 0. The molecule has 0 N–H and O–H groups in total. The van der Waals surface area contributed by atoms with Crippen LogP contribution in [0.15, 0.2) is 22.9 Å². The lowest BCUT2D eigenvalue weighted by atomic mass is 10.2. The predicted molar refractivity (Wildman–Crippen MR) is 51.5 cm³/mol. The Morgan fingerprint density at radius 2 is 2.27 bits per heavy atom. The minimum absolute atomic E-state index is 0.864. The van der Waals surface area contributed by atoms with E-state index < -0.39 is 0 Å². The molecule has 0 aliphatic heterocycles. The molecule has 0 saturated carbocycles. The smallest absolute Gasteiger partial charge is 0.181 e. The molecule has 0 unspecified atom stereocenters. The molecule has 0 bridgehead atoms. The lowest BCUT2D eigenvalue weighted by Gasteiger charge is -1.94. The van der Waals surface area contributed by atoms with Gasteiger partial charge in [0.1, 0.15) is 5.52 Å². The average Bonchev–Trinajstić information content (AvgIpc) is 2.36. The number of halogens is 1. The summed E-state index contributed by atoms with van der Waals surface area (Å²) in [5, 5.41) is 0. The summed E-state index contributed by atoms with van der Waals surface area (Å²) in [5.41, 5.74) is 3.03. The summed E-state index contributed by atoms with van der Waals surface area (Å²) in [6, 6.07) is 4.03. The molecule has 1 heterocycles. The lowest BCUT2D eigenvalue weighted by Crippen LogP contribution is -1.78. The molecule has 3 heteroatoms. The van der Waals surface area contributed by atoms with E-state index in [4.69, 9.17) is 4.42 Å². The van der Waals surface area contributed by atoms with Gasteiger partial charge in [-0.15, -0.1) is 0 Å². The Morgan fingerprint density at radius 1 is 1.45 bits per heavy atom. The van der Waals surface area contributed by atoms with Crippen LogP contribution >= 0.6 is 22.6 Å². The Kier molecular flexibility index (Phi) is 1.60. The van der Waals surface area contributed by atoms with Gasteiger partial charge in [0.05, 0.1) is 0 Å². The first-order chi connectivity index (χ1) is 5.27. The van der Waals surface area contributed by atoms with E-state index in [-0.39, 0.29) is 0 Å². The molecule has 0 saturated heterocycles. The van der Waals surface area contributed by atoms with Crippen molar-refractivity contribution >= 4 is 33.7 Å². The van der Waals surface area contributed by atoms with Crippen LogP contribution in [-0.2, 0) is 0 Å². The number of benzene rings is 1. The van der Waals surface area contributed by atoms with Crippen molar-refractivity contribution in [2.24, 2.45) is 0 Å². The van der Waals surface area contributed by atoms with Crippen LogP contribution in [-0.4, -0.2) is 4.98 Å².